The van der Waals surface area contributed by atoms with Gasteiger partial charge >= 0.3 is 0 Å². The minimum Gasteiger partial charge on any atom is -0.454 e. The number of nitrogens with zero attached hydrogens (tertiary/aromatic N) is 3. The Bertz CT molecular complexity index is 1260. The van der Waals surface area contributed by atoms with Crippen molar-refractivity contribution in [3.63, 3.8) is 0 Å². The van der Waals surface area contributed by atoms with E-state index in [0.717, 1.165) is 84.4 Å². The second kappa shape index (κ2) is 7.42. The molecule has 1 fully saturated rings. The molecule has 0 saturated carbocycles. The first-order chi connectivity index (χ1) is 15.3. The molecule has 7 heteroatoms. The predicted octanol–water partition coefficient (Wildman–Crippen LogP) is 2.57. The predicted molar refractivity (Wildman–Crippen MR) is 118 cm³/mol. The molecule has 1 N–H and O–H groups in total. The highest BCUT2D eigenvalue weighted by molar-refractivity contribution is 6.05. The van der Waals surface area contributed by atoms with Crippen molar-refractivity contribution in [2.45, 2.75) is 19.9 Å². The summed E-state index contributed by atoms with van der Waals surface area (Å²) in [5.41, 5.74) is 3.88. The number of nitrogens with one attached hydrogen (secondary N) is 1. The van der Waals surface area contributed by atoms with Gasteiger partial charge in [-0.15, -0.1) is 0 Å². The maximum atomic E-state index is 6.20. The van der Waals surface area contributed by atoms with E-state index in [0.29, 0.717) is 6.79 Å². The SMILES string of the molecule is CCc1nc(N2CC[NH+](Cc3ccc4c(c3)OCO4)CC2)c2oc3ccccc3c2n1. The number of aromatic nitrogens is 2. The number of anilines is 1. The number of furan rings is 1. The van der Waals surface area contributed by atoms with E-state index in [4.69, 9.17) is 23.9 Å². The van der Waals surface area contributed by atoms with Crippen LogP contribution in [0.4, 0.5) is 5.82 Å². The number of para-hydroxylation sites is 1. The summed E-state index contributed by atoms with van der Waals surface area (Å²) in [5, 5.41) is 1.06. The fraction of sp³-hybridized carbons (Fsp3) is 0.333. The first-order valence-corrected chi connectivity index (χ1v) is 10.9. The van der Waals surface area contributed by atoms with Crippen LogP contribution in [0.2, 0.25) is 0 Å². The minimum atomic E-state index is 0.319. The van der Waals surface area contributed by atoms with Crippen molar-refractivity contribution in [1.82, 2.24) is 9.97 Å². The first kappa shape index (κ1) is 18.4. The Morgan fingerprint density at radius 1 is 1.00 bits per heavy atom. The highest BCUT2D eigenvalue weighted by atomic mass is 16.7. The lowest BCUT2D eigenvalue weighted by Gasteiger charge is -2.33. The highest BCUT2D eigenvalue weighted by Crippen LogP contribution is 2.34. The number of quaternary nitrogens is 1. The van der Waals surface area contributed by atoms with Gasteiger partial charge < -0.3 is 23.7 Å². The van der Waals surface area contributed by atoms with E-state index in [-0.39, 0.29) is 0 Å². The van der Waals surface area contributed by atoms with E-state index in [2.05, 4.69) is 30.0 Å². The number of rotatable bonds is 4. The summed E-state index contributed by atoms with van der Waals surface area (Å²) < 4.78 is 17.2. The van der Waals surface area contributed by atoms with Crippen LogP contribution in [0.1, 0.15) is 18.3 Å². The Balaban J connectivity index is 1.24. The van der Waals surface area contributed by atoms with Gasteiger partial charge in [-0.25, -0.2) is 9.97 Å². The fourth-order valence-corrected chi connectivity index (χ4v) is 4.55. The lowest BCUT2D eigenvalue weighted by Crippen LogP contribution is -3.13. The highest BCUT2D eigenvalue weighted by Gasteiger charge is 2.26. The number of hydrogen-bond acceptors (Lipinski definition) is 6. The first-order valence-electron chi connectivity index (χ1n) is 10.9. The lowest BCUT2D eigenvalue weighted by atomic mass is 10.1. The molecule has 0 unspecified atom stereocenters. The molecular formula is C24H25N4O3+. The topological polar surface area (TPSA) is 65.1 Å². The minimum absolute atomic E-state index is 0.319. The molecule has 0 atom stereocenters. The van der Waals surface area contributed by atoms with Crippen LogP contribution in [0.25, 0.3) is 22.1 Å². The third-order valence-electron chi connectivity index (χ3n) is 6.23. The van der Waals surface area contributed by atoms with E-state index < -0.39 is 0 Å². The van der Waals surface area contributed by atoms with Gasteiger partial charge in [-0.1, -0.05) is 19.1 Å². The summed E-state index contributed by atoms with van der Waals surface area (Å²) in [5.74, 6) is 3.49. The van der Waals surface area contributed by atoms with Crippen molar-refractivity contribution in [1.29, 1.82) is 0 Å². The molecule has 7 nitrogen and oxygen atoms in total. The van der Waals surface area contributed by atoms with Crippen LogP contribution in [0.15, 0.2) is 46.9 Å². The summed E-state index contributed by atoms with van der Waals surface area (Å²) in [4.78, 5) is 13.6. The number of hydrogen-bond donors (Lipinski definition) is 1. The van der Waals surface area contributed by atoms with E-state index in [1.165, 1.54) is 5.56 Å². The van der Waals surface area contributed by atoms with Crippen molar-refractivity contribution in [2.75, 3.05) is 37.9 Å². The Morgan fingerprint density at radius 3 is 2.71 bits per heavy atom. The number of aryl methyl sites for hydroxylation is 1. The molecule has 2 aliphatic rings. The maximum absolute atomic E-state index is 6.20. The molecule has 2 aromatic carbocycles. The summed E-state index contributed by atoms with van der Waals surface area (Å²) in [6, 6.07) is 14.4. The molecule has 158 valence electrons. The lowest BCUT2D eigenvalue weighted by molar-refractivity contribution is -0.914. The molecule has 4 heterocycles. The van der Waals surface area contributed by atoms with Gasteiger partial charge in [0.25, 0.3) is 0 Å². The summed E-state index contributed by atoms with van der Waals surface area (Å²) >= 11 is 0. The van der Waals surface area contributed by atoms with Gasteiger partial charge in [0.2, 0.25) is 6.79 Å². The molecule has 2 aromatic heterocycles. The normalized spacial score (nSPS) is 16.5. The quantitative estimate of drug-likeness (QED) is 0.551. The average Bonchev–Trinajstić information content (AvgIpc) is 3.43. The van der Waals surface area contributed by atoms with Crippen LogP contribution in [0, 0.1) is 0 Å². The molecule has 0 radical (unpaired) electrons. The van der Waals surface area contributed by atoms with E-state index >= 15 is 0 Å². The Labute approximate surface area is 180 Å². The van der Waals surface area contributed by atoms with Crippen molar-refractivity contribution in [2.24, 2.45) is 0 Å². The molecule has 0 spiro atoms. The zero-order chi connectivity index (χ0) is 20.8. The van der Waals surface area contributed by atoms with Crippen molar-refractivity contribution in [3.8, 4) is 11.5 Å². The van der Waals surface area contributed by atoms with Gasteiger partial charge in [-0.3, -0.25) is 0 Å². The number of fused-ring (bicyclic) bond motifs is 4. The van der Waals surface area contributed by atoms with Crippen molar-refractivity contribution < 1.29 is 18.8 Å². The van der Waals surface area contributed by atoms with Crippen LogP contribution in [-0.4, -0.2) is 42.9 Å². The van der Waals surface area contributed by atoms with Crippen LogP contribution in [-0.2, 0) is 13.0 Å². The molecule has 0 bridgehead atoms. The second-order valence-electron chi connectivity index (χ2n) is 8.19. The van der Waals surface area contributed by atoms with Crippen molar-refractivity contribution in [3.05, 3.63) is 53.9 Å². The average molecular weight is 417 g/mol. The molecular weight excluding hydrogens is 392 g/mol. The molecule has 0 aliphatic carbocycles. The van der Waals surface area contributed by atoms with Gasteiger partial charge in [-0.2, -0.15) is 0 Å². The Morgan fingerprint density at radius 2 is 1.84 bits per heavy atom. The summed E-state index contributed by atoms with van der Waals surface area (Å²) in [7, 11) is 0. The zero-order valence-corrected chi connectivity index (χ0v) is 17.6. The molecule has 6 rings (SSSR count). The standard InChI is InChI=1S/C24H24N4O3/c1-2-21-25-22-17-5-3-4-6-18(17)31-23(22)24(26-21)28-11-9-27(10-12-28)14-16-7-8-19-20(13-16)30-15-29-19/h3-8,13H,2,9-12,14-15H2,1H3/p+1. The molecule has 4 aromatic rings. The number of benzene rings is 2. The van der Waals surface area contributed by atoms with Crippen molar-refractivity contribution >= 4 is 27.9 Å². The van der Waals surface area contributed by atoms with Gasteiger partial charge in [0.05, 0.1) is 26.2 Å². The Hall–Kier alpha value is -3.32. The van der Waals surface area contributed by atoms with E-state index in [9.17, 15) is 0 Å². The van der Waals surface area contributed by atoms with Gasteiger partial charge in [0.15, 0.2) is 22.9 Å². The summed E-state index contributed by atoms with van der Waals surface area (Å²) in [6.07, 6.45) is 0.803. The maximum Gasteiger partial charge on any atom is 0.231 e. The molecule has 1 saturated heterocycles. The summed E-state index contributed by atoms with van der Waals surface area (Å²) in [6.45, 7) is 7.36. The molecule has 31 heavy (non-hydrogen) atoms. The monoisotopic (exact) mass is 417 g/mol. The van der Waals surface area contributed by atoms with Crippen LogP contribution in [0.5, 0.6) is 11.5 Å². The van der Waals surface area contributed by atoms with Gasteiger partial charge in [-0.05, 0) is 30.3 Å². The van der Waals surface area contributed by atoms with E-state index in [1.54, 1.807) is 4.90 Å². The van der Waals surface area contributed by atoms with Crippen LogP contribution >= 0.6 is 0 Å². The van der Waals surface area contributed by atoms with Crippen LogP contribution in [0.3, 0.4) is 0 Å². The third-order valence-corrected chi connectivity index (χ3v) is 6.23. The zero-order valence-electron chi connectivity index (χ0n) is 17.6. The smallest absolute Gasteiger partial charge is 0.231 e. The second-order valence-corrected chi connectivity index (χ2v) is 8.19. The molecule has 2 aliphatic heterocycles. The largest absolute Gasteiger partial charge is 0.454 e. The van der Waals surface area contributed by atoms with Gasteiger partial charge in [0.1, 0.15) is 23.5 Å². The third kappa shape index (κ3) is 3.25. The Kier molecular flexibility index (Phi) is 4.42. The van der Waals surface area contributed by atoms with Crippen LogP contribution < -0.4 is 19.3 Å². The van der Waals surface area contributed by atoms with Gasteiger partial charge in [0, 0.05) is 17.4 Å². The number of piperazine rings is 1. The fourth-order valence-electron chi connectivity index (χ4n) is 4.55. The molecule has 0 amide bonds. The van der Waals surface area contributed by atoms with E-state index in [1.807, 2.05) is 24.3 Å². The number of ether oxygens (including phenoxy) is 2.